The van der Waals surface area contributed by atoms with Gasteiger partial charge in [0.25, 0.3) is 0 Å². The van der Waals surface area contributed by atoms with E-state index in [0.29, 0.717) is 5.75 Å². The van der Waals surface area contributed by atoms with Gasteiger partial charge in [-0.2, -0.15) is 11.8 Å². The van der Waals surface area contributed by atoms with Crippen LogP contribution in [0.1, 0.15) is 27.8 Å². The average Bonchev–Trinajstić information content (AvgIpc) is 2.58. The lowest BCUT2D eigenvalue weighted by molar-refractivity contribution is -0.141. The highest BCUT2D eigenvalue weighted by Gasteiger charge is 2.20. The van der Waals surface area contributed by atoms with Gasteiger partial charge in [-0.15, -0.1) is 0 Å². The van der Waals surface area contributed by atoms with Crippen LogP contribution in [0.5, 0.6) is 0 Å². The third-order valence-electron chi connectivity index (χ3n) is 4.21. The molecule has 4 nitrogen and oxygen atoms in total. The van der Waals surface area contributed by atoms with E-state index < -0.39 is 12.0 Å². The third-order valence-corrected chi connectivity index (χ3v) is 5.31. The molecular formula is C21H25NO3S. The number of benzene rings is 2. The van der Waals surface area contributed by atoms with Gasteiger partial charge in [0.2, 0.25) is 5.91 Å². The Morgan fingerprint density at radius 3 is 2.27 bits per heavy atom. The molecule has 0 bridgehead atoms. The Hall–Kier alpha value is -2.27. The lowest BCUT2D eigenvalue weighted by Gasteiger charge is -2.16. The Kier molecular flexibility index (Phi) is 7.27. The van der Waals surface area contributed by atoms with Crippen LogP contribution in [-0.4, -0.2) is 28.8 Å². The van der Waals surface area contributed by atoms with Crippen LogP contribution in [0.25, 0.3) is 0 Å². The Morgan fingerprint density at radius 1 is 1.08 bits per heavy atom. The Balaban J connectivity index is 1.92. The highest BCUT2D eigenvalue weighted by atomic mass is 32.2. The van der Waals surface area contributed by atoms with Crippen molar-refractivity contribution >= 4 is 23.6 Å². The van der Waals surface area contributed by atoms with Gasteiger partial charge < -0.3 is 10.4 Å². The molecule has 2 N–H and O–H groups in total. The first-order valence-corrected chi connectivity index (χ1v) is 9.73. The number of aryl methyl sites for hydroxylation is 3. The zero-order valence-corrected chi connectivity index (χ0v) is 16.2. The Morgan fingerprint density at radius 2 is 1.69 bits per heavy atom. The van der Waals surface area contributed by atoms with Crippen LogP contribution in [0.2, 0.25) is 0 Å². The zero-order valence-electron chi connectivity index (χ0n) is 15.4. The highest BCUT2D eigenvalue weighted by molar-refractivity contribution is 7.98. The quantitative estimate of drug-likeness (QED) is 0.743. The number of hydrogen-bond donors (Lipinski definition) is 2. The van der Waals surface area contributed by atoms with Gasteiger partial charge in [-0.25, -0.2) is 4.79 Å². The van der Waals surface area contributed by atoms with Crippen molar-refractivity contribution in [1.29, 1.82) is 0 Å². The molecule has 0 spiro atoms. The summed E-state index contributed by atoms with van der Waals surface area (Å²) in [6.45, 7) is 5.98. The molecule has 0 aliphatic heterocycles. The van der Waals surface area contributed by atoms with Crippen LogP contribution < -0.4 is 5.32 Å². The maximum absolute atomic E-state index is 12.4. The summed E-state index contributed by atoms with van der Waals surface area (Å²) in [4.78, 5) is 23.8. The first kappa shape index (κ1) is 20.0. The van der Waals surface area contributed by atoms with Crippen molar-refractivity contribution in [2.45, 2.75) is 39.0 Å². The lowest BCUT2D eigenvalue weighted by atomic mass is 9.97. The van der Waals surface area contributed by atoms with E-state index in [1.54, 1.807) is 0 Å². The number of carbonyl (C=O) groups excluding carboxylic acids is 1. The van der Waals surface area contributed by atoms with Gasteiger partial charge in [0, 0.05) is 11.5 Å². The van der Waals surface area contributed by atoms with Crippen molar-refractivity contribution in [3.05, 3.63) is 70.3 Å². The number of rotatable bonds is 8. The molecule has 2 rings (SSSR count). The molecule has 0 aliphatic carbocycles. The summed E-state index contributed by atoms with van der Waals surface area (Å²) in [5.41, 5.74) is 5.38. The normalized spacial score (nSPS) is 11.8. The van der Waals surface area contributed by atoms with E-state index in [9.17, 15) is 14.7 Å². The minimum Gasteiger partial charge on any atom is -0.480 e. The molecule has 0 heterocycles. The van der Waals surface area contributed by atoms with Crippen molar-refractivity contribution in [2.24, 2.45) is 0 Å². The number of amides is 1. The lowest BCUT2D eigenvalue weighted by Crippen LogP contribution is -2.43. The molecule has 0 aromatic heterocycles. The number of thioether (sulfide) groups is 1. The summed E-state index contributed by atoms with van der Waals surface area (Å²) in [5.74, 6) is -0.206. The molecule has 1 amide bonds. The predicted octanol–water partition coefficient (Wildman–Crippen LogP) is 3.66. The van der Waals surface area contributed by atoms with Gasteiger partial charge in [-0.3, -0.25) is 4.79 Å². The maximum Gasteiger partial charge on any atom is 0.327 e. The molecule has 0 aliphatic rings. The molecule has 1 atom stereocenters. The van der Waals surface area contributed by atoms with Crippen molar-refractivity contribution in [3.8, 4) is 0 Å². The summed E-state index contributed by atoms with van der Waals surface area (Å²) in [7, 11) is 0. The Labute approximate surface area is 159 Å². The second-order valence-corrected chi connectivity index (χ2v) is 7.54. The number of hydrogen-bond acceptors (Lipinski definition) is 3. The number of carboxylic acids is 1. The van der Waals surface area contributed by atoms with Gasteiger partial charge in [0.05, 0.1) is 6.42 Å². The fourth-order valence-corrected chi connectivity index (χ4v) is 3.95. The van der Waals surface area contributed by atoms with Gasteiger partial charge in [-0.05, 0) is 43.0 Å². The van der Waals surface area contributed by atoms with E-state index in [0.717, 1.165) is 33.6 Å². The number of carbonyl (C=O) groups is 2. The first-order chi connectivity index (χ1) is 12.4. The summed E-state index contributed by atoms with van der Waals surface area (Å²) < 4.78 is 0. The largest absolute Gasteiger partial charge is 0.480 e. The van der Waals surface area contributed by atoms with E-state index in [1.165, 1.54) is 11.8 Å². The smallest absolute Gasteiger partial charge is 0.327 e. The monoisotopic (exact) mass is 371 g/mol. The molecule has 2 aromatic carbocycles. The highest BCUT2D eigenvalue weighted by Crippen LogP contribution is 2.17. The molecule has 5 heteroatoms. The van der Waals surface area contributed by atoms with Crippen LogP contribution in [0.3, 0.4) is 0 Å². The number of nitrogens with one attached hydrogen (secondary N) is 1. The fraction of sp³-hybridized carbons (Fsp3) is 0.333. The molecule has 0 saturated carbocycles. The molecule has 26 heavy (non-hydrogen) atoms. The molecule has 0 fully saturated rings. The van der Waals surface area contributed by atoms with Gasteiger partial charge in [-0.1, -0.05) is 48.0 Å². The predicted molar refractivity (Wildman–Crippen MR) is 107 cm³/mol. The molecule has 1 unspecified atom stereocenters. The van der Waals surface area contributed by atoms with Crippen LogP contribution in [0.4, 0.5) is 0 Å². The topological polar surface area (TPSA) is 66.4 Å². The fourth-order valence-electron chi connectivity index (χ4n) is 2.94. The standard InChI is InChI=1S/C21H25NO3S/c1-14-9-15(2)18(16(3)10-14)11-20(23)22-19(21(24)25)13-26-12-17-7-5-4-6-8-17/h4-10,19H,11-13H2,1-3H3,(H,22,23)(H,24,25). The van der Waals surface area contributed by atoms with E-state index in [-0.39, 0.29) is 12.3 Å². The number of aliphatic carboxylic acids is 1. The van der Waals surface area contributed by atoms with E-state index in [2.05, 4.69) is 5.32 Å². The van der Waals surface area contributed by atoms with Gasteiger partial charge in [0.1, 0.15) is 6.04 Å². The number of carboxylic acid groups (broad SMARTS) is 1. The van der Waals surface area contributed by atoms with Crippen molar-refractivity contribution in [2.75, 3.05) is 5.75 Å². The second-order valence-electron chi connectivity index (χ2n) is 6.51. The van der Waals surface area contributed by atoms with E-state index in [1.807, 2.05) is 63.2 Å². The van der Waals surface area contributed by atoms with E-state index in [4.69, 9.17) is 0 Å². The molecule has 0 saturated heterocycles. The minimum atomic E-state index is -1.00. The van der Waals surface area contributed by atoms with Crippen molar-refractivity contribution < 1.29 is 14.7 Å². The van der Waals surface area contributed by atoms with Crippen LogP contribution in [0, 0.1) is 20.8 Å². The van der Waals surface area contributed by atoms with Crippen molar-refractivity contribution in [3.63, 3.8) is 0 Å². The van der Waals surface area contributed by atoms with E-state index >= 15 is 0 Å². The molecule has 0 radical (unpaired) electrons. The van der Waals surface area contributed by atoms with Crippen LogP contribution in [0.15, 0.2) is 42.5 Å². The maximum atomic E-state index is 12.4. The van der Waals surface area contributed by atoms with Crippen molar-refractivity contribution in [1.82, 2.24) is 5.32 Å². The zero-order chi connectivity index (χ0) is 19.1. The Bertz CT molecular complexity index is 751. The van der Waals surface area contributed by atoms with Crippen LogP contribution in [-0.2, 0) is 21.8 Å². The second kappa shape index (κ2) is 9.43. The third kappa shape index (κ3) is 5.92. The minimum absolute atomic E-state index is 0.199. The van der Waals surface area contributed by atoms with Gasteiger partial charge >= 0.3 is 5.97 Å². The summed E-state index contributed by atoms with van der Waals surface area (Å²) in [6, 6.07) is 13.1. The summed E-state index contributed by atoms with van der Waals surface area (Å²) in [6.07, 6.45) is 0.199. The molecule has 138 valence electrons. The summed E-state index contributed by atoms with van der Waals surface area (Å²) >= 11 is 1.50. The SMILES string of the molecule is Cc1cc(C)c(CC(=O)NC(CSCc2ccccc2)C(=O)O)c(C)c1. The molecular weight excluding hydrogens is 346 g/mol. The average molecular weight is 372 g/mol. The van der Waals surface area contributed by atoms with Gasteiger partial charge in [0.15, 0.2) is 0 Å². The summed E-state index contributed by atoms with van der Waals surface area (Å²) in [5, 5.41) is 12.1. The van der Waals surface area contributed by atoms with Crippen LogP contribution >= 0.6 is 11.8 Å². The first-order valence-electron chi connectivity index (χ1n) is 8.57. The molecule has 2 aromatic rings.